The van der Waals surface area contributed by atoms with Crippen LogP contribution in [0.1, 0.15) is 16.7 Å². The van der Waals surface area contributed by atoms with Crippen LogP contribution in [0.2, 0.25) is 0 Å². The van der Waals surface area contributed by atoms with Crippen molar-refractivity contribution in [2.24, 2.45) is 0 Å². The minimum Gasteiger partial charge on any atom is -0.497 e. The van der Waals surface area contributed by atoms with Gasteiger partial charge in [-0.15, -0.1) is 0 Å². The topological polar surface area (TPSA) is 120 Å². The van der Waals surface area contributed by atoms with Gasteiger partial charge in [0.1, 0.15) is 11.8 Å². The molecule has 0 spiro atoms. The number of piperazine rings is 1. The Bertz CT molecular complexity index is 1520. The summed E-state index contributed by atoms with van der Waals surface area (Å²) in [5, 5.41) is 6.37. The molecule has 0 unspecified atom stereocenters. The molecule has 2 atom stereocenters. The van der Waals surface area contributed by atoms with Crippen LogP contribution < -0.4 is 25.0 Å². The van der Waals surface area contributed by atoms with Gasteiger partial charge in [0.05, 0.1) is 30.8 Å². The maximum absolute atomic E-state index is 13.9. The fraction of sp³-hybridized carbons (Fsp3) is 0.355. The Morgan fingerprint density at radius 3 is 2.31 bits per heavy atom. The molecule has 2 aliphatic rings. The molecule has 0 saturated carbocycles. The maximum atomic E-state index is 13.9. The number of hydrogen-bond donors (Lipinski definition) is 3. The lowest BCUT2D eigenvalue weighted by atomic mass is 9.95. The number of benzene rings is 3. The van der Waals surface area contributed by atoms with Gasteiger partial charge in [-0.1, -0.05) is 48.5 Å². The van der Waals surface area contributed by atoms with E-state index < -0.39 is 22.1 Å². The lowest BCUT2D eigenvalue weighted by molar-refractivity contribution is -0.137. The van der Waals surface area contributed by atoms with Gasteiger partial charge in [0.25, 0.3) is 0 Å². The molecule has 11 heteroatoms. The summed E-state index contributed by atoms with van der Waals surface area (Å²) in [7, 11) is -1.84. The van der Waals surface area contributed by atoms with Gasteiger partial charge >= 0.3 is 0 Å². The van der Waals surface area contributed by atoms with E-state index >= 15 is 0 Å². The van der Waals surface area contributed by atoms with E-state index in [4.69, 9.17) is 4.74 Å². The normalized spacial score (nSPS) is 17.6. The van der Waals surface area contributed by atoms with E-state index in [0.29, 0.717) is 51.3 Å². The predicted molar refractivity (Wildman–Crippen MR) is 163 cm³/mol. The number of ether oxygens (including phenoxy) is 1. The lowest BCUT2D eigenvalue weighted by Gasteiger charge is -2.38. The summed E-state index contributed by atoms with van der Waals surface area (Å²) >= 11 is 0. The molecule has 42 heavy (non-hydrogen) atoms. The van der Waals surface area contributed by atoms with E-state index in [1.54, 1.807) is 24.1 Å². The summed E-state index contributed by atoms with van der Waals surface area (Å²) in [6, 6.07) is 21.6. The predicted octanol–water partition coefficient (Wildman–Crippen LogP) is 2.16. The largest absolute Gasteiger partial charge is 0.497 e. The third kappa shape index (κ3) is 7.21. The van der Waals surface area contributed by atoms with Crippen molar-refractivity contribution in [1.82, 2.24) is 15.5 Å². The fourth-order valence-electron chi connectivity index (χ4n) is 5.53. The van der Waals surface area contributed by atoms with Crippen molar-refractivity contribution in [1.29, 1.82) is 0 Å². The number of sulfonamides is 1. The van der Waals surface area contributed by atoms with E-state index in [-0.39, 0.29) is 11.8 Å². The quantitative estimate of drug-likeness (QED) is 0.349. The highest BCUT2D eigenvalue weighted by atomic mass is 32.2. The minimum atomic E-state index is -3.44. The van der Waals surface area contributed by atoms with Gasteiger partial charge in [0, 0.05) is 39.1 Å². The number of fused-ring (bicyclic) bond motifs is 1. The molecule has 2 amide bonds. The highest BCUT2D eigenvalue weighted by Gasteiger charge is 2.32. The van der Waals surface area contributed by atoms with E-state index in [0.717, 1.165) is 28.8 Å². The number of anilines is 2. The molecule has 2 aliphatic heterocycles. The maximum Gasteiger partial charge on any atom is 0.245 e. The van der Waals surface area contributed by atoms with Crippen molar-refractivity contribution in [3.63, 3.8) is 0 Å². The molecule has 10 nitrogen and oxygen atoms in total. The van der Waals surface area contributed by atoms with Crippen molar-refractivity contribution in [2.45, 2.75) is 31.5 Å². The van der Waals surface area contributed by atoms with Crippen LogP contribution in [0.5, 0.6) is 5.75 Å². The molecular weight excluding hydrogens is 554 g/mol. The van der Waals surface area contributed by atoms with Gasteiger partial charge in [-0.05, 0) is 47.4 Å². The molecule has 3 aromatic carbocycles. The summed E-state index contributed by atoms with van der Waals surface area (Å²) in [4.78, 5) is 31.2. The molecule has 0 aliphatic carbocycles. The van der Waals surface area contributed by atoms with Gasteiger partial charge < -0.3 is 25.2 Å². The van der Waals surface area contributed by atoms with Crippen LogP contribution >= 0.6 is 0 Å². The van der Waals surface area contributed by atoms with Gasteiger partial charge in [-0.3, -0.25) is 14.3 Å². The zero-order valence-electron chi connectivity index (χ0n) is 23.9. The van der Waals surface area contributed by atoms with Gasteiger partial charge in [-0.25, -0.2) is 8.42 Å². The lowest BCUT2D eigenvalue weighted by Crippen LogP contribution is -2.58. The smallest absolute Gasteiger partial charge is 0.245 e. The zero-order chi connectivity index (χ0) is 29.7. The molecule has 5 rings (SSSR count). The fourth-order valence-corrected chi connectivity index (χ4v) is 6.11. The number of carbonyl (C=O) groups is 2. The molecule has 0 radical (unpaired) electrons. The third-order valence-corrected chi connectivity index (χ3v) is 8.33. The van der Waals surface area contributed by atoms with E-state index in [1.165, 1.54) is 5.56 Å². The second-order valence-electron chi connectivity index (χ2n) is 10.7. The van der Waals surface area contributed by atoms with E-state index in [2.05, 4.69) is 26.3 Å². The number of hydrogen-bond acceptors (Lipinski definition) is 7. The number of nitrogens with zero attached hydrogens (tertiary/aromatic N) is 2. The summed E-state index contributed by atoms with van der Waals surface area (Å²) in [5.74, 6) is 0.380. The molecule has 3 N–H and O–H groups in total. The molecule has 0 bridgehead atoms. The first-order valence-electron chi connectivity index (χ1n) is 14.0. The Balaban J connectivity index is 1.29. The summed E-state index contributed by atoms with van der Waals surface area (Å²) in [6.45, 7) is 2.53. The Labute approximate surface area is 247 Å². The SMILES string of the molecule is COc1ccc(C[C@@H](NC(=O)[C@@H]2Cc3ccccc3CN2)C(=O)N2CCN(c3ccccc3NS(C)(=O)=O)CC2)cc1. The van der Waals surface area contributed by atoms with E-state index in [9.17, 15) is 18.0 Å². The van der Waals surface area contributed by atoms with Crippen LogP contribution in [0, 0.1) is 0 Å². The minimum absolute atomic E-state index is 0.141. The van der Waals surface area contributed by atoms with Crippen LogP contribution in [-0.4, -0.2) is 76.8 Å². The van der Waals surface area contributed by atoms with Crippen LogP contribution in [0.25, 0.3) is 0 Å². The Morgan fingerprint density at radius 1 is 0.952 bits per heavy atom. The molecule has 2 heterocycles. The first-order chi connectivity index (χ1) is 20.2. The first kappa shape index (κ1) is 29.4. The van der Waals surface area contributed by atoms with Gasteiger partial charge in [0.15, 0.2) is 0 Å². The molecule has 222 valence electrons. The Hall–Kier alpha value is -4.09. The molecule has 0 aromatic heterocycles. The highest BCUT2D eigenvalue weighted by molar-refractivity contribution is 7.92. The summed E-state index contributed by atoms with van der Waals surface area (Å²) in [6.07, 6.45) is 2.03. The van der Waals surface area contributed by atoms with Gasteiger partial charge in [0.2, 0.25) is 21.8 Å². The van der Waals surface area contributed by atoms with Crippen molar-refractivity contribution in [2.75, 3.05) is 49.2 Å². The van der Waals surface area contributed by atoms with Crippen molar-refractivity contribution < 1.29 is 22.7 Å². The average molecular weight is 592 g/mol. The molecular formula is C31H37N5O5S. The number of amides is 2. The molecule has 1 fully saturated rings. The number of carbonyl (C=O) groups excluding carboxylic acids is 2. The number of rotatable bonds is 9. The number of nitrogens with one attached hydrogen (secondary N) is 3. The summed E-state index contributed by atoms with van der Waals surface area (Å²) in [5.41, 5.74) is 4.50. The second-order valence-corrected chi connectivity index (χ2v) is 12.5. The first-order valence-corrected chi connectivity index (χ1v) is 15.9. The van der Waals surface area contributed by atoms with Crippen LogP contribution in [-0.2, 0) is 39.0 Å². The average Bonchev–Trinajstić information content (AvgIpc) is 3.00. The van der Waals surface area contributed by atoms with Crippen LogP contribution in [0.15, 0.2) is 72.8 Å². The van der Waals surface area contributed by atoms with Crippen molar-refractivity contribution >= 4 is 33.2 Å². The van der Waals surface area contributed by atoms with Crippen molar-refractivity contribution in [3.8, 4) is 5.75 Å². The highest BCUT2D eigenvalue weighted by Crippen LogP contribution is 2.27. The molecule has 3 aromatic rings. The Kier molecular flexibility index (Phi) is 8.98. The summed E-state index contributed by atoms with van der Waals surface area (Å²) < 4.78 is 31.6. The van der Waals surface area contributed by atoms with Crippen LogP contribution in [0.4, 0.5) is 11.4 Å². The zero-order valence-corrected chi connectivity index (χ0v) is 24.7. The number of para-hydroxylation sites is 2. The second kappa shape index (κ2) is 12.8. The Morgan fingerprint density at radius 2 is 1.62 bits per heavy atom. The van der Waals surface area contributed by atoms with Gasteiger partial charge in [-0.2, -0.15) is 0 Å². The standard InChI is InChI=1S/C31H37N5O5S/c1-41-25-13-11-22(12-14-25)19-28(33-30(37)27-20-23-7-3-4-8-24(23)21-32-27)31(38)36-17-15-35(16-18-36)29-10-6-5-9-26(29)34-42(2,39)40/h3-14,27-28,32,34H,15-21H2,1-2H3,(H,33,37)/t27-,28+/m0/s1. The number of methoxy groups -OCH3 is 1. The molecule has 1 saturated heterocycles. The van der Waals surface area contributed by atoms with Crippen LogP contribution in [0.3, 0.4) is 0 Å². The van der Waals surface area contributed by atoms with Crippen molar-refractivity contribution in [3.05, 3.63) is 89.5 Å². The monoisotopic (exact) mass is 591 g/mol. The third-order valence-electron chi connectivity index (χ3n) is 7.74. The van der Waals surface area contributed by atoms with E-state index in [1.807, 2.05) is 54.6 Å².